The molecule has 3 aromatic heterocycles. The third-order valence-electron chi connectivity index (χ3n) is 4.62. The van der Waals surface area contributed by atoms with Gasteiger partial charge in [-0.3, -0.25) is 4.79 Å². The molecule has 1 aliphatic heterocycles. The van der Waals surface area contributed by atoms with Gasteiger partial charge in [0.2, 0.25) is 0 Å². The van der Waals surface area contributed by atoms with Crippen molar-refractivity contribution in [1.29, 1.82) is 0 Å². The van der Waals surface area contributed by atoms with Crippen LogP contribution in [0, 0.1) is 6.92 Å². The zero-order valence-corrected chi connectivity index (χ0v) is 15.5. The van der Waals surface area contributed by atoms with E-state index in [1.54, 1.807) is 17.7 Å². The maximum absolute atomic E-state index is 12.4. The van der Waals surface area contributed by atoms with Crippen LogP contribution in [0.15, 0.2) is 28.8 Å². The number of piperazine rings is 1. The summed E-state index contributed by atoms with van der Waals surface area (Å²) in [7, 11) is 0. The first kappa shape index (κ1) is 17.8. The van der Waals surface area contributed by atoms with E-state index in [0.717, 1.165) is 39.4 Å². The van der Waals surface area contributed by atoms with E-state index in [-0.39, 0.29) is 0 Å². The molecule has 0 aromatic carbocycles. The third-order valence-corrected chi connectivity index (χ3v) is 5.71. The molecule has 1 fully saturated rings. The van der Waals surface area contributed by atoms with E-state index in [0.29, 0.717) is 18.8 Å². The Bertz CT molecular complexity index is 1010. The van der Waals surface area contributed by atoms with Gasteiger partial charge in [0, 0.05) is 32.2 Å². The number of rotatable bonds is 4. The smallest absolute Gasteiger partial charge is 0.269 e. The van der Waals surface area contributed by atoms with Gasteiger partial charge in [-0.05, 0) is 17.9 Å². The summed E-state index contributed by atoms with van der Waals surface area (Å²) >= 11 is 1.64. The second kappa shape index (κ2) is 7.18. The average molecular weight is 392 g/mol. The lowest BCUT2D eigenvalue weighted by Gasteiger charge is -2.36. The standard InChI is InChI=1S/C17H18F2N6OS/c1-11-9-27-16-15(11)20-10-21-17(16)24-4-2-23(3-5-24)12-6-14(26)25(22-7-12)8-13(18)19/h6-7,9-10,13H,2-5,8H2,1H3. The number of alkyl halides is 2. The van der Waals surface area contributed by atoms with Crippen LogP contribution in [0.2, 0.25) is 0 Å². The van der Waals surface area contributed by atoms with E-state index in [9.17, 15) is 13.6 Å². The third kappa shape index (κ3) is 3.48. The Morgan fingerprint density at radius 2 is 1.93 bits per heavy atom. The quantitative estimate of drug-likeness (QED) is 0.678. The van der Waals surface area contributed by atoms with Crippen LogP contribution in [-0.4, -0.2) is 52.4 Å². The minimum Gasteiger partial charge on any atom is -0.367 e. The molecule has 27 heavy (non-hydrogen) atoms. The number of aromatic nitrogens is 4. The molecule has 0 spiro atoms. The van der Waals surface area contributed by atoms with Crippen LogP contribution in [0.25, 0.3) is 10.2 Å². The van der Waals surface area contributed by atoms with E-state index in [2.05, 4.69) is 25.3 Å². The van der Waals surface area contributed by atoms with Gasteiger partial charge in [0.1, 0.15) is 18.7 Å². The lowest BCUT2D eigenvalue weighted by atomic mass is 10.2. The van der Waals surface area contributed by atoms with Gasteiger partial charge in [-0.2, -0.15) is 5.10 Å². The van der Waals surface area contributed by atoms with Gasteiger partial charge in [-0.1, -0.05) is 0 Å². The largest absolute Gasteiger partial charge is 0.367 e. The normalized spacial score (nSPS) is 15.1. The van der Waals surface area contributed by atoms with E-state index in [1.807, 2.05) is 11.8 Å². The van der Waals surface area contributed by atoms with Crippen molar-refractivity contribution in [3.63, 3.8) is 0 Å². The number of halogens is 2. The maximum Gasteiger partial charge on any atom is 0.269 e. The van der Waals surface area contributed by atoms with Crippen molar-refractivity contribution in [3.05, 3.63) is 39.9 Å². The van der Waals surface area contributed by atoms with E-state index in [1.165, 1.54) is 12.3 Å². The molecule has 0 atom stereocenters. The molecule has 10 heteroatoms. The van der Waals surface area contributed by atoms with Crippen molar-refractivity contribution in [1.82, 2.24) is 19.7 Å². The average Bonchev–Trinajstić information content (AvgIpc) is 3.04. The molecule has 4 heterocycles. The minimum atomic E-state index is -2.60. The van der Waals surface area contributed by atoms with Gasteiger partial charge >= 0.3 is 0 Å². The summed E-state index contributed by atoms with van der Waals surface area (Å²) in [5.74, 6) is 0.934. The van der Waals surface area contributed by atoms with Crippen LogP contribution in [0.3, 0.4) is 0 Å². The molecule has 0 bridgehead atoms. The highest BCUT2D eigenvalue weighted by Gasteiger charge is 2.22. The SMILES string of the molecule is Cc1csc2c(N3CCN(c4cnn(CC(F)F)c(=O)c4)CC3)ncnc12. The molecule has 0 aliphatic carbocycles. The Morgan fingerprint density at radius 1 is 1.19 bits per heavy atom. The summed E-state index contributed by atoms with van der Waals surface area (Å²) < 4.78 is 26.8. The topological polar surface area (TPSA) is 67.2 Å². The summed E-state index contributed by atoms with van der Waals surface area (Å²) in [6.45, 7) is 4.21. The molecule has 142 valence electrons. The van der Waals surface area contributed by atoms with Crippen LogP contribution >= 0.6 is 11.3 Å². The summed E-state index contributed by atoms with van der Waals surface area (Å²) in [4.78, 5) is 25.0. The Morgan fingerprint density at radius 3 is 2.63 bits per heavy atom. The lowest BCUT2D eigenvalue weighted by molar-refractivity contribution is 0.119. The molecule has 0 saturated carbocycles. The Hall–Kier alpha value is -2.62. The summed E-state index contributed by atoms with van der Waals surface area (Å²) in [5.41, 5.74) is 2.28. The Labute approximate surface area is 157 Å². The molecular formula is C17H18F2N6OS. The highest BCUT2D eigenvalue weighted by Crippen LogP contribution is 2.31. The predicted molar refractivity (Wildman–Crippen MR) is 101 cm³/mol. The number of aryl methyl sites for hydroxylation is 1. The predicted octanol–water partition coefficient (Wildman–Crippen LogP) is 2.15. The number of hydrogen-bond donors (Lipinski definition) is 0. The highest BCUT2D eigenvalue weighted by molar-refractivity contribution is 7.18. The molecule has 0 unspecified atom stereocenters. The van der Waals surface area contributed by atoms with Crippen LogP contribution in [0.5, 0.6) is 0 Å². The van der Waals surface area contributed by atoms with Gasteiger partial charge in [0.05, 0.1) is 22.1 Å². The molecule has 1 saturated heterocycles. The van der Waals surface area contributed by atoms with Gasteiger partial charge in [0.25, 0.3) is 12.0 Å². The van der Waals surface area contributed by atoms with E-state index < -0.39 is 18.5 Å². The van der Waals surface area contributed by atoms with Crippen molar-refractivity contribution in [3.8, 4) is 0 Å². The first-order valence-electron chi connectivity index (χ1n) is 8.57. The van der Waals surface area contributed by atoms with Crippen LogP contribution in [0.4, 0.5) is 20.3 Å². The van der Waals surface area contributed by atoms with Gasteiger partial charge in [-0.25, -0.2) is 23.4 Å². The van der Waals surface area contributed by atoms with Crippen LogP contribution < -0.4 is 15.4 Å². The number of hydrogen-bond acceptors (Lipinski definition) is 7. The van der Waals surface area contributed by atoms with Gasteiger partial charge in [-0.15, -0.1) is 11.3 Å². The van der Waals surface area contributed by atoms with Gasteiger partial charge < -0.3 is 9.80 Å². The minimum absolute atomic E-state index is 0.512. The van der Waals surface area contributed by atoms with Crippen LogP contribution in [-0.2, 0) is 6.54 Å². The fourth-order valence-corrected chi connectivity index (χ4v) is 4.24. The molecule has 0 amide bonds. The molecule has 4 rings (SSSR count). The second-order valence-corrected chi connectivity index (χ2v) is 7.27. The zero-order valence-electron chi connectivity index (χ0n) is 14.7. The van der Waals surface area contributed by atoms with Crippen molar-refractivity contribution < 1.29 is 8.78 Å². The second-order valence-electron chi connectivity index (χ2n) is 6.39. The van der Waals surface area contributed by atoms with Crippen molar-refractivity contribution in [2.45, 2.75) is 19.9 Å². The summed E-state index contributed by atoms with van der Waals surface area (Å²) in [6, 6.07) is 1.37. The maximum atomic E-state index is 12.4. The number of anilines is 2. The Kier molecular flexibility index (Phi) is 4.73. The summed E-state index contributed by atoms with van der Waals surface area (Å²) in [5, 5.41) is 5.95. The lowest BCUT2D eigenvalue weighted by Crippen LogP contribution is -2.47. The Balaban J connectivity index is 1.49. The highest BCUT2D eigenvalue weighted by atomic mass is 32.1. The first-order chi connectivity index (χ1) is 13.0. The number of fused-ring (bicyclic) bond motifs is 1. The monoisotopic (exact) mass is 392 g/mol. The fourth-order valence-electron chi connectivity index (χ4n) is 3.22. The van der Waals surface area contributed by atoms with Crippen molar-refractivity contribution >= 4 is 33.1 Å². The van der Waals surface area contributed by atoms with Gasteiger partial charge in [0.15, 0.2) is 0 Å². The molecule has 3 aromatic rings. The molecule has 1 aliphatic rings. The number of thiophene rings is 1. The molecular weight excluding hydrogens is 374 g/mol. The fraction of sp³-hybridized carbons (Fsp3) is 0.412. The van der Waals surface area contributed by atoms with Crippen molar-refractivity contribution in [2.24, 2.45) is 0 Å². The van der Waals surface area contributed by atoms with Crippen molar-refractivity contribution in [2.75, 3.05) is 36.0 Å². The zero-order chi connectivity index (χ0) is 19.0. The van der Waals surface area contributed by atoms with E-state index >= 15 is 0 Å². The van der Waals surface area contributed by atoms with Crippen LogP contribution in [0.1, 0.15) is 5.56 Å². The molecule has 7 nitrogen and oxygen atoms in total. The van der Waals surface area contributed by atoms with E-state index in [4.69, 9.17) is 0 Å². The molecule has 0 radical (unpaired) electrons. The summed E-state index contributed by atoms with van der Waals surface area (Å²) in [6.07, 6.45) is 0.469. The number of nitrogens with zero attached hydrogens (tertiary/aromatic N) is 6. The first-order valence-corrected chi connectivity index (χ1v) is 9.45. The molecule has 0 N–H and O–H groups in total.